The number of hydrogen-bond acceptors (Lipinski definition) is 3. The zero-order valence-electron chi connectivity index (χ0n) is 18.0. The summed E-state index contributed by atoms with van der Waals surface area (Å²) in [5.74, 6) is -0.00201. The van der Waals surface area contributed by atoms with Gasteiger partial charge in [-0.05, 0) is 36.8 Å². The molecule has 1 saturated heterocycles. The lowest BCUT2D eigenvalue weighted by Crippen LogP contribution is -2.59. The van der Waals surface area contributed by atoms with E-state index in [1.54, 1.807) is 0 Å². The predicted octanol–water partition coefficient (Wildman–Crippen LogP) is 3.90. The highest BCUT2D eigenvalue weighted by Crippen LogP contribution is 2.42. The van der Waals surface area contributed by atoms with E-state index in [1.807, 2.05) is 50.2 Å². The van der Waals surface area contributed by atoms with E-state index < -0.39 is 11.6 Å². The first kappa shape index (κ1) is 20.1. The number of hydrogen-bond donors (Lipinski definition) is 2. The predicted molar refractivity (Wildman–Crippen MR) is 121 cm³/mol. The van der Waals surface area contributed by atoms with Gasteiger partial charge in [0.05, 0.1) is 19.2 Å². The van der Waals surface area contributed by atoms with Crippen LogP contribution in [0.1, 0.15) is 33.1 Å². The quantitative estimate of drug-likeness (QED) is 0.630. The van der Waals surface area contributed by atoms with Gasteiger partial charge in [-0.3, -0.25) is 9.69 Å². The topological polar surface area (TPSA) is 74.6 Å². The number of nitrogens with zero attached hydrogens (tertiary/aromatic N) is 2. The molecule has 2 heterocycles. The molecule has 0 bridgehead atoms. The van der Waals surface area contributed by atoms with Gasteiger partial charge in [0.1, 0.15) is 5.54 Å². The van der Waals surface area contributed by atoms with Gasteiger partial charge in [0.15, 0.2) is 0 Å². The number of carbonyl (C=O) groups is 2. The Morgan fingerprint density at radius 3 is 2.10 bits per heavy atom. The van der Waals surface area contributed by atoms with Crippen molar-refractivity contribution in [1.29, 1.82) is 0 Å². The SMILES string of the molecule is CC1CCCC(C)C12NC(=O)N(CC(O)Cn1c3ccccc3c3ccccc31)C2=O. The molecule has 0 radical (unpaired) electrons. The fourth-order valence-corrected chi connectivity index (χ4v) is 5.80. The zero-order valence-corrected chi connectivity index (χ0v) is 18.0. The molecule has 1 spiro atoms. The number of aliphatic hydroxyl groups is 1. The highest BCUT2D eigenvalue weighted by atomic mass is 16.3. The van der Waals surface area contributed by atoms with Crippen molar-refractivity contribution in [3.63, 3.8) is 0 Å². The molecule has 2 N–H and O–H groups in total. The van der Waals surface area contributed by atoms with Crippen molar-refractivity contribution in [2.75, 3.05) is 6.54 Å². The largest absolute Gasteiger partial charge is 0.389 e. The van der Waals surface area contributed by atoms with Gasteiger partial charge in [0.25, 0.3) is 5.91 Å². The normalized spacial score (nSPS) is 27.4. The van der Waals surface area contributed by atoms with Crippen molar-refractivity contribution in [1.82, 2.24) is 14.8 Å². The number of carbonyl (C=O) groups excluding carboxylic acids is 2. The molecule has 2 aliphatic rings. The van der Waals surface area contributed by atoms with E-state index in [-0.39, 0.29) is 30.3 Å². The number of urea groups is 1. The Labute approximate surface area is 181 Å². The van der Waals surface area contributed by atoms with Gasteiger partial charge < -0.3 is 15.0 Å². The molecular formula is C25H29N3O3. The van der Waals surface area contributed by atoms with Gasteiger partial charge in [-0.15, -0.1) is 0 Å². The van der Waals surface area contributed by atoms with Gasteiger partial charge in [-0.1, -0.05) is 56.7 Å². The number of rotatable bonds is 4. The lowest BCUT2D eigenvalue weighted by molar-refractivity contribution is -0.137. The average molecular weight is 420 g/mol. The Bertz CT molecular complexity index is 1100. The highest BCUT2D eigenvalue weighted by Gasteiger charge is 2.58. The number of fused-ring (bicyclic) bond motifs is 3. The summed E-state index contributed by atoms with van der Waals surface area (Å²) in [5.41, 5.74) is 1.24. The Morgan fingerprint density at radius 1 is 0.968 bits per heavy atom. The molecule has 2 aromatic carbocycles. The number of β-amino-alcohol motifs (C(OH)–C–C–N with tert-alkyl or cyclic N) is 1. The minimum atomic E-state index is -0.863. The van der Waals surface area contributed by atoms with Crippen LogP contribution in [0.15, 0.2) is 48.5 Å². The molecule has 6 heteroatoms. The summed E-state index contributed by atoms with van der Waals surface area (Å²) >= 11 is 0. The smallest absolute Gasteiger partial charge is 0.325 e. The van der Waals surface area contributed by atoms with Crippen LogP contribution in [0.3, 0.4) is 0 Å². The summed E-state index contributed by atoms with van der Waals surface area (Å²) < 4.78 is 2.08. The summed E-state index contributed by atoms with van der Waals surface area (Å²) in [7, 11) is 0. The Balaban J connectivity index is 1.42. The average Bonchev–Trinajstić information content (AvgIpc) is 3.21. The van der Waals surface area contributed by atoms with Gasteiger partial charge >= 0.3 is 6.03 Å². The molecule has 2 fully saturated rings. The maximum Gasteiger partial charge on any atom is 0.325 e. The van der Waals surface area contributed by atoms with E-state index in [4.69, 9.17) is 0 Å². The molecule has 1 saturated carbocycles. The molecule has 31 heavy (non-hydrogen) atoms. The van der Waals surface area contributed by atoms with Crippen molar-refractivity contribution < 1.29 is 14.7 Å². The minimum Gasteiger partial charge on any atom is -0.389 e. The molecule has 3 aromatic rings. The second-order valence-electron chi connectivity index (χ2n) is 9.25. The van der Waals surface area contributed by atoms with E-state index in [2.05, 4.69) is 22.0 Å². The maximum absolute atomic E-state index is 13.4. The monoisotopic (exact) mass is 419 g/mol. The minimum absolute atomic E-state index is 0.00725. The van der Waals surface area contributed by atoms with E-state index in [1.165, 1.54) is 4.90 Å². The fourth-order valence-electron chi connectivity index (χ4n) is 5.80. The van der Waals surface area contributed by atoms with Crippen LogP contribution in [-0.4, -0.2) is 44.7 Å². The summed E-state index contributed by atoms with van der Waals surface area (Å²) in [6.45, 7) is 4.40. The number of aromatic nitrogens is 1. The molecule has 1 aliphatic heterocycles. The summed E-state index contributed by atoms with van der Waals surface area (Å²) in [5, 5.41) is 16.2. The van der Waals surface area contributed by atoms with Gasteiger partial charge in [0, 0.05) is 21.8 Å². The van der Waals surface area contributed by atoms with E-state index in [0.717, 1.165) is 41.1 Å². The second kappa shape index (κ2) is 7.38. The third-order valence-corrected chi connectivity index (χ3v) is 7.45. The maximum atomic E-state index is 13.4. The number of amides is 3. The van der Waals surface area contributed by atoms with E-state index in [0.29, 0.717) is 6.54 Å². The van der Waals surface area contributed by atoms with Gasteiger partial charge in [0.2, 0.25) is 0 Å². The van der Waals surface area contributed by atoms with Crippen LogP contribution >= 0.6 is 0 Å². The summed E-state index contributed by atoms with van der Waals surface area (Å²) in [6, 6.07) is 15.8. The number of para-hydroxylation sites is 2. The highest BCUT2D eigenvalue weighted by molar-refractivity contribution is 6.08. The van der Waals surface area contributed by atoms with Crippen LogP contribution in [0.2, 0.25) is 0 Å². The second-order valence-corrected chi connectivity index (χ2v) is 9.25. The molecule has 162 valence electrons. The van der Waals surface area contributed by atoms with Crippen molar-refractivity contribution >= 4 is 33.7 Å². The third-order valence-electron chi connectivity index (χ3n) is 7.45. The van der Waals surface area contributed by atoms with Crippen LogP contribution in [0.25, 0.3) is 21.8 Å². The number of nitrogens with one attached hydrogen (secondary N) is 1. The first-order chi connectivity index (χ1) is 14.9. The first-order valence-electron chi connectivity index (χ1n) is 11.2. The zero-order chi connectivity index (χ0) is 21.8. The fraction of sp³-hybridized carbons (Fsp3) is 0.440. The van der Waals surface area contributed by atoms with Crippen LogP contribution < -0.4 is 5.32 Å². The Hall–Kier alpha value is -2.86. The molecular weight excluding hydrogens is 390 g/mol. The molecule has 1 aliphatic carbocycles. The number of imide groups is 1. The first-order valence-corrected chi connectivity index (χ1v) is 11.2. The van der Waals surface area contributed by atoms with Crippen molar-refractivity contribution in [2.45, 2.75) is 51.3 Å². The number of benzene rings is 2. The Morgan fingerprint density at radius 2 is 1.52 bits per heavy atom. The summed E-state index contributed by atoms with van der Waals surface area (Å²) in [6.07, 6.45) is 2.06. The lowest BCUT2D eigenvalue weighted by Gasteiger charge is -2.42. The number of aliphatic hydroxyl groups excluding tert-OH is 1. The third kappa shape index (κ3) is 2.96. The summed E-state index contributed by atoms with van der Waals surface area (Å²) in [4.78, 5) is 27.4. The Kier molecular flexibility index (Phi) is 4.77. The standard InChI is InChI=1S/C25H29N3O3/c1-16-8-7-9-17(2)25(16)23(30)28(24(31)26-25)15-18(29)14-27-21-12-5-3-10-19(21)20-11-4-6-13-22(20)27/h3-6,10-13,16-18,29H,7-9,14-15H2,1-2H3,(H,26,31). The molecule has 1 aromatic heterocycles. The molecule has 3 atom stereocenters. The molecule has 3 unspecified atom stereocenters. The van der Waals surface area contributed by atoms with Crippen LogP contribution in [0.5, 0.6) is 0 Å². The van der Waals surface area contributed by atoms with Crippen molar-refractivity contribution in [3.05, 3.63) is 48.5 Å². The van der Waals surface area contributed by atoms with E-state index >= 15 is 0 Å². The van der Waals surface area contributed by atoms with Crippen LogP contribution in [-0.2, 0) is 11.3 Å². The molecule has 5 rings (SSSR count). The van der Waals surface area contributed by atoms with Crippen molar-refractivity contribution in [2.24, 2.45) is 11.8 Å². The van der Waals surface area contributed by atoms with Crippen LogP contribution in [0, 0.1) is 11.8 Å². The lowest BCUT2D eigenvalue weighted by atomic mass is 9.67. The van der Waals surface area contributed by atoms with Crippen LogP contribution in [0.4, 0.5) is 4.79 Å². The molecule has 3 amide bonds. The van der Waals surface area contributed by atoms with E-state index in [9.17, 15) is 14.7 Å². The van der Waals surface area contributed by atoms with Crippen molar-refractivity contribution in [3.8, 4) is 0 Å². The van der Waals surface area contributed by atoms with Gasteiger partial charge in [-0.25, -0.2) is 4.79 Å². The molecule has 6 nitrogen and oxygen atoms in total. The van der Waals surface area contributed by atoms with Gasteiger partial charge in [-0.2, -0.15) is 0 Å².